The molecule has 1 aliphatic heterocycles. The van der Waals surface area contributed by atoms with Crippen LogP contribution in [0.15, 0.2) is 10.00 Å². The average molecular weight is 116 g/mol. The first kappa shape index (κ1) is 5.17. The molecule has 3 heteroatoms. The van der Waals surface area contributed by atoms with Gasteiger partial charge in [-0.2, -0.15) is 10.00 Å². The van der Waals surface area contributed by atoms with E-state index >= 15 is 0 Å². The molecule has 0 amide bonds. The molecule has 0 bridgehead atoms. The molecule has 2 nitrogen and oxygen atoms in total. The molecule has 0 aromatic heterocycles. The lowest BCUT2D eigenvalue weighted by atomic mass is 10.3. The molecule has 0 spiro atoms. The molecular formula is C4H9N2P. The average Bonchev–Trinajstić information content (AvgIpc) is 1.90. The van der Waals surface area contributed by atoms with Crippen LogP contribution >= 0.6 is 8.73 Å². The van der Waals surface area contributed by atoms with E-state index in [1.54, 1.807) is 0 Å². The molecule has 0 aliphatic carbocycles. The first-order valence-electron chi connectivity index (χ1n) is 2.59. The molecule has 0 aromatic rings. The largest absolute Gasteiger partial charge is 0.191 e. The predicted molar refractivity (Wildman–Crippen MR) is 32.1 cm³/mol. The fourth-order valence-electron chi connectivity index (χ4n) is 0.537. The van der Waals surface area contributed by atoms with Gasteiger partial charge in [0.2, 0.25) is 0 Å². The van der Waals surface area contributed by atoms with Crippen LogP contribution in [-0.4, -0.2) is 12.7 Å². The standard InChI is InChI=1S/C4H9N2P/c1-2-4-7-6-5-3-1/h7H,1-4H2. The highest BCUT2D eigenvalue weighted by atomic mass is 31.1. The second-order valence-corrected chi connectivity index (χ2v) is 2.60. The zero-order chi connectivity index (χ0) is 4.95. The summed E-state index contributed by atoms with van der Waals surface area (Å²) in [6.07, 6.45) is 3.84. The highest BCUT2D eigenvalue weighted by molar-refractivity contribution is 7.36. The van der Waals surface area contributed by atoms with E-state index < -0.39 is 0 Å². The molecule has 0 N–H and O–H groups in total. The van der Waals surface area contributed by atoms with E-state index in [-0.39, 0.29) is 0 Å². The summed E-state index contributed by atoms with van der Waals surface area (Å²) in [5.74, 6) is 0. The third kappa shape index (κ3) is 1.98. The minimum atomic E-state index is 0.753. The van der Waals surface area contributed by atoms with Gasteiger partial charge in [-0.05, 0) is 19.0 Å². The molecule has 0 saturated heterocycles. The van der Waals surface area contributed by atoms with Crippen LogP contribution in [0.25, 0.3) is 0 Å². The smallest absolute Gasteiger partial charge is 0.0602 e. The van der Waals surface area contributed by atoms with Gasteiger partial charge in [-0.25, -0.2) is 0 Å². The maximum Gasteiger partial charge on any atom is 0.0602 e. The van der Waals surface area contributed by atoms with Gasteiger partial charge in [0, 0.05) is 8.73 Å². The summed E-state index contributed by atoms with van der Waals surface area (Å²) in [4.78, 5) is 3.92. The van der Waals surface area contributed by atoms with Gasteiger partial charge in [0.05, 0.1) is 6.54 Å². The third-order valence-corrected chi connectivity index (χ3v) is 1.80. The van der Waals surface area contributed by atoms with Crippen LogP contribution in [0.2, 0.25) is 0 Å². The normalized spacial score (nSPS) is 25.1. The molecule has 1 aliphatic rings. The second kappa shape index (κ2) is 3.09. The Hall–Kier alpha value is 0.0300. The number of rotatable bonds is 0. The van der Waals surface area contributed by atoms with Gasteiger partial charge in [-0.1, -0.05) is 0 Å². The SMILES string of the molecule is C1CCPN=NC1. The van der Waals surface area contributed by atoms with Gasteiger partial charge >= 0.3 is 0 Å². The van der Waals surface area contributed by atoms with Crippen molar-refractivity contribution in [2.24, 2.45) is 10.00 Å². The minimum absolute atomic E-state index is 0.753. The molecule has 0 radical (unpaired) electrons. The lowest BCUT2D eigenvalue weighted by Crippen LogP contribution is -1.76. The summed E-state index contributed by atoms with van der Waals surface area (Å²) in [7, 11) is 0.753. The minimum Gasteiger partial charge on any atom is -0.191 e. The highest BCUT2D eigenvalue weighted by Crippen LogP contribution is 2.17. The zero-order valence-corrected chi connectivity index (χ0v) is 5.22. The van der Waals surface area contributed by atoms with Crippen molar-refractivity contribution in [2.45, 2.75) is 12.8 Å². The first-order chi connectivity index (χ1) is 3.50. The van der Waals surface area contributed by atoms with Gasteiger partial charge < -0.3 is 0 Å². The Labute approximate surface area is 45.2 Å². The van der Waals surface area contributed by atoms with E-state index in [2.05, 4.69) is 10.00 Å². The maximum absolute atomic E-state index is 3.92. The maximum atomic E-state index is 3.92. The Morgan fingerprint density at radius 3 is 3.29 bits per heavy atom. The molecule has 0 saturated carbocycles. The van der Waals surface area contributed by atoms with Gasteiger partial charge in [0.1, 0.15) is 0 Å². The summed E-state index contributed by atoms with van der Waals surface area (Å²) >= 11 is 0. The van der Waals surface area contributed by atoms with Crippen LogP contribution in [0.4, 0.5) is 0 Å². The van der Waals surface area contributed by atoms with Gasteiger partial charge in [0.15, 0.2) is 0 Å². The van der Waals surface area contributed by atoms with Crippen molar-refractivity contribution in [3.8, 4) is 0 Å². The van der Waals surface area contributed by atoms with Crippen LogP contribution in [0.5, 0.6) is 0 Å². The van der Waals surface area contributed by atoms with E-state index in [0.717, 1.165) is 15.3 Å². The molecule has 7 heavy (non-hydrogen) atoms. The van der Waals surface area contributed by atoms with Crippen LogP contribution in [0, 0.1) is 0 Å². The summed E-state index contributed by atoms with van der Waals surface area (Å²) in [5.41, 5.74) is 0. The topological polar surface area (TPSA) is 24.7 Å². The Morgan fingerprint density at radius 2 is 2.29 bits per heavy atom. The van der Waals surface area contributed by atoms with Crippen molar-refractivity contribution in [1.82, 2.24) is 0 Å². The zero-order valence-electron chi connectivity index (χ0n) is 4.22. The predicted octanol–water partition coefficient (Wildman–Crippen LogP) is 1.83. The molecule has 1 unspecified atom stereocenters. The summed E-state index contributed by atoms with van der Waals surface area (Å²) in [6.45, 7) is 0.965. The van der Waals surface area contributed by atoms with Gasteiger partial charge in [-0.15, -0.1) is 0 Å². The van der Waals surface area contributed by atoms with E-state index in [0.29, 0.717) is 0 Å². The van der Waals surface area contributed by atoms with Crippen molar-refractivity contribution in [3.05, 3.63) is 0 Å². The second-order valence-electron chi connectivity index (χ2n) is 1.58. The molecule has 0 aromatic carbocycles. The van der Waals surface area contributed by atoms with E-state index in [4.69, 9.17) is 0 Å². The van der Waals surface area contributed by atoms with Crippen LogP contribution in [-0.2, 0) is 0 Å². The summed E-state index contributed by atoms with van der Waals surface area (Å²) in [5, 5.41) is 3.91. The number of hydrogen-bond acceptors (Lipinski definition) is 2. The van der Waals surface area contributed by atoms with Crippen LogP contribution in [0.3, 0.4) is 0 Å². The Bertz CT molecular complexity index is 64.1. The summed E-state index contributed by atoms with van der Waals surface area (Å²) in [6, 6.07) is 0. The van der Waals surface area contributed by atoms with Crippen molar-refractivity contribution in [3.63, 3.8) is 0 Å². The Morgan fingerprint density at radius 1 is 1.29 bits per heavy atom. The van der Waals surface area contributed by atoms with Crippen molar-refractivity contribution in [1.29, 1.82) is 0 Å². The quantitative estimate of drug-likeness (QED) is 0.431. The molecule has 40 valence electrons. The van der Waals surface area contributed by atoms with E-state index in [1.165, 1.54) is 19.0 Å². The Kier molecular flexibility index (Phi) is 2.28. The van der Waals surface area contributed by atoms with E-state index in [9.17, 15) is 0 Å². The molecule has 1 heterocycles. The fourth-order valence-corrected chi connectivity index (χ4v) is 1.24. The number of hydrogen-bond donors (Lipinski definition) is 0. The van der Waals surface area contributed by atoms with Crippen LogP contribution in [0.1, 0.15) is 12.8 Å². The molecular weight excluding hydrogens is 107 g/mol. The van der Waals surface area contributed by atoms with Gasteiger partial charge in [-0.3, -0.25) is 0 Å². The van der Waals surface area contributed by atoms with Crippen molar-refractivity contribution < 1.29 is 0 Å². The monoisotopic (exact) mass is 116 g/mol. The van der Waals surface area contributed by atoms with Crippen molar-refractivity contribution in [2.75, 3.05) is 12.7 Å². The molecule has 1 atom stereocenters. The molecule has 1 rings (SSSR count). The fraction of sp³-hybridized carbons (Fsp3) is 1.00. The molecule has 0 fully saturated rings. The van der Waals surface area contributed by atoms with Crippen LogP contribution < -0.4 is 0 Å². The number of nitrogens with zero attached hydrogens (tertiary/aromatic N) is 2. The van der Waals surface area contributed by atoms with Gasteiger partial charge in [0.25, 0.3) is 0 Å². The first-order valence-corrected chi connectivity index (χ1v) is 3.75. The Balaban J connectivity index is 2.20. The van der Waals surface area contributed by atoms with Crippen molar-refractivity contribution >= 4 is 8.73 Å². The summed E-state index contributed by atoms with van der Waals surface area (Å²) < 4.78 is 0. The highest BCUT2D eigenvalue weighted by Gasteiger charge is 1.90. The lowest BCUT2D eigenvalue weighted by Gasteiger charge is -1.83. The third-order valence-electron chi connectivity index (χ3n) is 0.938. The lowest BCUT2D eigenvalue weighted by molar-refractivity contribution is 0.808. The van der Waals surface area contributed by atoms with E-state index in [1.807, 2.05) is 0 Å².